The first-order chi connectivity index (χ1) is 29.6. The van der Waals surface area contributed by atoms with E-state index in [1.165, 1.54) is 59.6 Å². The molecule has 6 aromatic rings. The van der Waals surface area contributed by atoms with E-state index in [0.717, 1.165) is 57.2 Å². The Morgan fingerprint density at radius 3 is 1.39 bits per heavy atom. The van der Waals surface area contributed by atoms with E-state index in [0.29, 0.717) is 23.4 Å². The summed E-state index contributed by atoms with van der Waals surface area (Å²) >= 11 is 2.81. The van der Waals surface area contributed by atoms with Gasteiger partial charge in [-0.2, -0.15) is 0 Å². The van der Waals surface area contributed by atoms with E-state index in [1.807, 2.05) is 36.4 Å². The van der Waals surface area contributed by atoms with Gasteiger partial charge in [-0.25, -0.2) is 9.97 Å². The lowest BCUT2D eigenvalue weighted by molar-refractivity contribution is -0.146. The minimum absolute atomic E-state index is 0.144. The highest BCUT2D eigenvalue weighted by molar-refractivity contribution is 7.22. The van der Waals surface area contributed by atoms with Crippen molar-refractivity contribution in [3.8, 4) is 0 Å². The van der Waals surface area contributed by atoms with Crippen LogP contribution in [0.25, 0.3) is 20.4 Å². The van der Waals surface area contributed by atoms with Gasteiger partial charge >= 0.3 is 23.6 Å². The predicted molar refractivity (Wildman–Crippen MR) is 237 cm³/mol. The summed E-state index contributed by atoms with van der Waals surface area (Å²) in [5.74, 6) is -3.66. The zero-order chi connectivity index (χ0) is 44.2. The molecule has 4 atom stereocenters. The number of primary amides is 2. The lowest BCUT2D eigenvalue weighted by Gasteiger charge is -2.38. The number of hydrogen-bond acceptors (Lipinski definition) is 14. The highest BCUT2D eigenvalue weighted by Crippen LogP contribution is 2.37. The van der Waals surface area contributed by atoms with Crippen LogP contribution in [-0.2, 0) is 19.2 Å². The van der Waals surface area contributed by atoms with E-state index in [9.17, 15) is 28.8 Å². The van der Waals surface area contributed by atoms with E-state index >= 15 is 0 Å². The number of nitrogens with one attached hydrogen (secondary N) is 2. The summed E-state index contributed by atoms with van der Waals surface area (Å²) in [5, 5.41) is 6.03. The van der Waals surface area contributed by atoms with Gasteiger partial charge in [0.1, 0.15) is 0 Å². The van der Waals surface area contributed by atoms with Crippen LogP contribution in [0.15, 0.2) is 73.3 Å². The van der Waals surface area contributed by atoms with Crippen molar-refractivity contribution in [3.05, 3.63) is 95.6 Å². The van der Waals surface area contributed by atoms with Gasteiger partial charge in [-0.1, -0.05) is 48.7 Å². The van der Waals surface area contributed by atoms with E-state index in [-0.39, 0.29) is 46.4 Å². The molecular formula is C42H44N12O6S2. The highest BCUT2D eigenvalue weighted by atomic mass is 32.1. The van der Waals surface area contributed by atoms with Crippen LogP contribution in [0.2, 0.25) is 0 Å². The zero-order valence-corrected chi connectivity index (χ0v) is 35.4. The van der Waals surface area contributed by atoms with Crippen molar-refractivity contribution < 1.29 is 28.8 Å². The van der Waals surface area contributed by atoms with Crippen LogP contribution >= 0.6 is 22.7 Å². The van der Waals surface area contributed by atoms with Crippen LogP contribution in [0.1, 0.15) is 83.5 Å². The molecule has 10 N–H and O–H groups in total. The van der Waals surface area contributed by atoms with Crippen molar-refractivity contribution >= 4 is 100 Å². The first-order valence-electron chi connectivity index (χ1n) is 19.7. The van der Waals surface area contributed by atoms with E-state index < -0.39 is 35.4 Å². The molecule has 6 heterocycles. The largest absolute Gasteiger partial charge is 0.375 e. The molecule has 2 saturated heterocycles. The quantitative estimate of drug-likeness (QED) is 0.125. The smallest absolute Gasteiger partial charge is 0.313 e. The molecular weight excluding hydrogens is 833 g/mol. The van der Waals surface area contributed by atoms with Crippen LogP contribution in [0.4, 0.5) is 21.6 Å². The summed E-state index contributed by atoms with van der Waals surface area (Å²) in [6, 6.07) is 14.0. The van der Waals surface area contributed by atoms with Crippen molar-refractivity contribution in [3.63, 3.8) is 0 Å². The summed E-state index contributed by atoms with van der Waals surface area (Å²) in [6.07, 6.45) is 8.67. The zero-order valence-electron chi connectivity index (χ0n) is 33.7. The number of fused-ring (bicyclic) bond motifs is 2. The molecule has 2 aromatic carbocycles. The first kappa shape index (κ1) is 43.0. The Kier molecular flexibility index (Phi) is 12.7. The van der Waals surface area contributed by atoms with Gasteiger partial charge < -0.3 is 43.4 Å². The number of benzene rings is 2. The van der Waals surface area contributed by atoms with Gasteiger partial charge in [-0.15, -0.1) is 0 Å². The molecule has 0 unspecified atom stereocenters. The first-order valence-corrected chi connectivity index (χ1v) is 21.3. The SMILES string of the molecule is C[C@@H]1CC[C@@H](c2ccc3sc(N)nc3c2)N(C(=O)C(=O)Nc2cncc(C(N)=O)c2)C1.C[C@H]1CC[C@H](c2ccc3sc(N)nc3c2)N(C(=O)C(=O)Nc2cncc(C(N)=O)c2)C1. The van der Waals surface area contributed by atoms with Gasteiger partial charge in [0, 0.05) is 25.5 Å². The summed E-state index contributed by atoms with van der Waals surface area (Å²) in [5.41, 5.74) is 26.3. The maximum absolute atomic E-state index is 13.1. The van der Waals surface area contributed by atoms with Crippen molar-refractivity contribution in [2.45, 2.75) is 51.6 Å². The highest BCUT2D eigenvalue weighted by Gasteiger charge is 2.36. The molecule has 62 heavy (non-hydrogen) atoms. The number of pyridine rings is 2. The van der Waals surface area contributed by atoms with Gasteiger partial charge in [0.2, 0.25) is 11.8 Å². The van der Waals surface area contributed by atoms with E-state index in [2.05, 4.69) is 44.4 Å². The molecule has 2 fully saturated rings. The van der Waals surface area contributed by atoms with Crippen molar-refractivity contribution in [1.29, 1.82) is 0 Å². The number of thiazole rings is 2. The molecule has 8 rings (SSSR count). The minimum atomic E-state index is -0.790. The Morgan fingerprint density at radius 1 is 0.597 bits per heavy atom. The van der Waals surface area contributed by atoms with Crippen molar-refractivity contribution in [1.82, 2.24) is 29.7 Å². The number of amides is 6. The molecule has 320 valence electrons. The molecule has 18 nitrogen and oxygen atoms in total. The Morgan fingerprint density at radius 2 is 1.00 bits per heavy atom. The second kappa shape index (κ2) is 18.3. The van der Waals surface area contributed by atoms with E-state index in [1.54, 1.807) is 9.80 Å². The van der Waals surface area contributed by atoms with Crippen molar-refractivity contribution in [2.24, 2.45) is 23.3 Å². The second-order valence-electron chi connectivity index (χ2n) is 15.4. The fourth-order valence-electron chi connectivity index (χ4n) is 7.70. The van der Waals surface area contributed by atoms with Crippen molar-refractivity contribution in [2.75, 3.05) is 35.2 Å². The van der Waals surface area contributed by atoms with Gasteiger partial charge in [-0.3, -0.25) is 38.7 Å². The topological polar surface area (TPSA) is 289 Å². The minimum Gasteiger partial charge on any atom is -0.375 e. The molecule has 4 aromatic heterocycles. The van der Waals surface area contributed by atoms with Crippen LogP contribution in [-0.4, -0.2) is 78.3 Å². The number of rotatable bonds is 6. The summed E-state index contributed by atoms with van der Waals surface area (Å²) < 4.78 is 1.95. The van der Waals surface area contributed by atoms with Gasteiger partial charge in [0.25, 0.3) is 0 Å². The molecule has 0 radical (unpaired) electrons. The monoisotopic (exact) mass is 876 g/mol. The Labute approximate surface area is 363 Å². The molecule has 0 aliphatic carbocycles. The molecule has 0 spiro atoms. The number of aromatic nitrogens is 4. The third kappa shape index (κ3) is 9.76. The maximum Gasteiger partial charge on any atom is 0.313 e. The van der Waals surface area contributed by atoms with Crippen LogP contribution in [0.5, 0.6) is 0 Å². The number of piperidine rings is 2. The number of carbonyl (C=O) groups excluding carboxylic acids is 6. The number of hydrogen-bond donors (Lipinski definition) is 6. The fourth-order valence-corrected chi connectivity index (χ4v) is 9.13. The molecule has 2 aliphatic rings. The molecule has 0 bridgehead atoms. The van der Waals surface area contributed by atoms with Gasteiger partial charge in [-0.05, 0) is 85.0 Å². The average molecular weight is 877 g/mol. The third-order valence-electron chi connectivity index (χ3n) is 10.7. The van der Waals surface area contributed by atoms with Crippen LogP contribution in [0, 0.1) is 11.8 Å². The standard InChI is InChI=1S/2C21H22N6O3S/c2*1-11-2-4-16(12-3-5-17-15(7-12)26-21(23)31-17)27(10-11)20(30)19(29)25-14-6-13(18(22)28)8-24-9-14/h2*3,5-9,11,16H,2,4,10H2,1H3,(H2,22,28)(H2,23,26)(H,25,29)/t2*11-,16+/m10/s1. The predicted octanol–water partition coefficient (Wildman–Crippen LogP) is 4.62. The lowest BCUT2D eigenvalue weighted by Crippen LogP contribution is -2.46. The normalized spacial score (nSPS) is 18.7. The third-order valence-corrected chi connectivity index (χ3v) is 12.5. The molecule has 6 amide bonds. The average Bonchev–Trinajstić information content (AvgIpc) is 3.82. The molecule has 0 saturated carbocycles. The lowest BCUT2D eigenvalue weighted by atomic mass is 9.89. The van der Waals surface area contributed by atoms with E-state index in [4.69, 9.17) is 22.9 Å². The van der Waals surface area contributed by atoms with Crippen LogP contribution < -0.4 is 33.6 Å². The molecule has 2 aliphatic heterocycles. The maximum atomic E-state index is 13.1. The van der Waals surface area contributed by atoms with Gasteiger partial charge in [0.05, 0.1) is 67.4 Å². The number of nitrogens with zero attached hydrogens (tertiary/aromatic N) is 6. The summed E-state index contributed by atoms with van der Waals surface area (Å²) in [4.78, 5) is 93.9. The van der Waals surface area contributed by atoms with Gasteiger partial charge in [0.15, 0.2) is 10.3 Å². The Bertz CT molecular complexity index is 2540. The summed E-state index contributed by atoms with van der Waals surface area (Å²) in [7, 11) is 0. The molecule has 20 heteroatoms. The second-order valence-corrected chi connectivity index (χ2v) is 17.6. The Hall–Kier alpha value is -7.06. The number of carbonyl (C=O) groups is 6. The summed E-state index contributed by atoms with van der Waals surface area (Å²) in [6.45, 7) is 5.04. The Balaban J connectivity index is 0.000000186. The number of likely N-dealkylation sites (tertiary alicyclic amines) is 2. The fraction of sp³-hybridized carbons (Fsp3) is 0.286. The number of nitrogens with two attached hydrogens (primary N) is 4. The number of nitrogen functional groups attached to an aromatic ring is 2. The van der Waals surface area contributed by atoms with Crippen LogP contribution in [0.3, 0.4) is 0 Å². The number of anilines is 4.